The highest BCUT2D eigenvalue weighted by Crippen LogP contribution is 2.35. The Labute approximate surface area is 418 Å². The summed E-state index contributed by atoms with van der Waals surface area (Å²) in [5.74, 6) is 0. The predicted octanol–water partition coefficient (Wildman–Crippen LogP) is 14.7. The van der Waals surface area contributed by atoms with Crippen LogP contribution in [-0.4, -0.2) is 8.07 Å². The van der Waals surface area contributed by atoms with Gasteiger partial charge in [-0.25, -0.2) is 0 Å². The van der Waals surface area contributed by atoms with Crippen LogP contribution in [0.25, 0.3) is 0 Å². The summed E-state index contributed by atoms with van der Waals surface area (Å²) in [5.41, 5.74) is 17.8. The Kier molecular flexibility index (Phi) is 14.9. The lowest BCUT2D eigenvalue weighted by Crippen LogP contribution is -2.69. The molecule has 1 aliphatic rings. The Hall–Kier alpha value is -7.32. The van der Waals surface area contributed by atoms with Gasteiger partial charge in [0.1, 0.15) is 0 Å². The Morgan fingerprint density at radius 1 is 0.300 bits per heavy atom. The van der Waals surface area contributed by atoms with E-state index >= 15 is 0 Å². The second-order valence-electron chi connectivity index (χ2n) is 19.5. The van der Waals surface area contributed by atoms with Crippen LogP contribution in [0.4, 0.5) is 0 Å². The molecular formula is C69H64Si. The zero-order chi connectivity index (χ0) is 47.4. The van der Waals surface area contributed by atoms with Crippen LogP contribution >= 0.6 is 0 Å². The van der Waals surface area contributed by atoms with Crippen molar-refractivity contribution in [2.75, 3.05) is 0 Å². The first-order valence-corrected chi connectivity index (χ1v) is 27.6. The molecule has 1 heteroatoms. The molecule has 0 radical (unpaired) electrons. The molecule has 0 atom stereocenters. The maximum absolute atomic E-state index is 3.20. The molecule has 70 heavy (non-hydrogen) atoms. The summed E-state index contributed by atoms with van der Waals surface area (Å²) in [7, 11) is -3.20. The van der Waals surface area contributed by atoms with E-state index in [2.05, 4.69) is 256 Å². The smallest absolute Gasteiger partial charge is 0.0801 e. The van der Waals surface area contributed by atoms with Gasteiger partial charge in [-0.15, -0.1) is 0 Å². The van der Waals surface area contributed by atoms with Crippen LogP contribution in [0.5, 0.6) is 0 Å². The zero-order valence-electron chi connectivity index (χ0n) is 40.7. The average Bonchev–Trinajstić information content (AvgIpc) is 3.86. The van der Waals surface area contributed by atoms with Crippen LogP contribution in [0.15, 0.2) is 260 Å². The molecule has 9 aromatic rings. The highest BCUT2D eigenvalue weighted by Gasteiger charge is 2.46. The van der Waals surface area contributed by atoms with Crippen molar-refractivity contribution in [1.29, 1.82) is 0 Å². The first-order chi connectivity index (χ1) is 34.6. The van der Waals surface area contributed by atoms with Gasteiger partial charge in [0.05, 0.1) is 0 Å². The van der Waals surface area contributed by atoms with Gasteiger partial charge in [-0.2, -0.15) is 0 Å². The number of benzene rings is 9. The van der Waals surface area contributed by atoms with Crippen molar-refractivity contribution in [3.63, 3.8) is 0 Å². The summed E-state index contributed by atoms with van der Waals surface area (Å²) >= 11 is 0. The van der Waals surface area contributed by atoms with Gasteiger partial charge in [0.15, 0.2) is 8.07 Å². The third-order valence-corrected chi connectivity index (χ3v) is 19.0. The number of rotatable bonds is 19. The molecule has 0 aliphatic heterocycles. The summed E-state index contributed by atoms with van der Waals surface area (Å²) < 4.78 is 0. The molecule has 0 heterocycles. The van der Waals surface area contributed by atoms with E-state index in [1.165, 1.54) is 88.7 Å². The van der Waals surface area contributed by atoms with Gasteiger partial charge in [0, 0.05) is 0 Å². The Bertz CT molecular complexity index is 2680. The largest absolute Gasteiger partial charge is 0.179 e. The summed E-state index contributed by atoms with van der Waals surface area (Å²) in [4.78, 5) is 0. The SMILES string of the molecule is CCCCC1=CCC=C1[Si](c1cc(Cc2ccccc2)cc(Cc2ccccc2)c1)(c1cc(Cc2ccccc2)cc(Cc2ccccc2)c1)c1cc(Cc2ccccc2)cc(Cc2ccccc2)c1. The lowest BCUT2D eigenvalue weighted by atomic mass is 9.99. The van der Waals surface area contributed by atoms with Crippen molar-refractivity contribution in [3.05, 3.63) is 326 Å². The minimum atomic E-state index is -3.20. The first kappa shape index (κ1) is 46.4. The second kappa shape index (κ2) is 22.4. The molecule has 0 fully saturated rings. The number of allylic oxidation sites excluding steroid dienone is 4. The van der Waals surface area contributed by atoms with Crippen molar-refractivity contribution in [2.45, 2.75) is 71.1 Å². The van der Waals surface area contributed by atoms with Crippen LogP contribution in [-0.2, 0) is 38.5 Å². The van der Waals surface area contributed by atoms with Gasteiger partial charge in [-0.05, 0) is 145 Å². The molecule has 0 saturated heterocycles. The molecule has 0 saturated carbocycles. The topological polar surface area (TPSA) is 0 Å². The fourth-order valence-electron chi connectivity index (χ4n) is 11.1. The molecule has 10 rings (SSSR count). The average molecular weight is 921 g/mol. The highest BCUT2D eigenvalue weighted by molar-refractivity contribution is 7.16. The molecule has 344 valence electrons. The van der Waals surface area contributed by atoms with Crippen LogP contribution in [0, 0.1) is 0 Å². The van der Waals surface area contributed by atoms with Gasteiger partial charge in [0.25, 0.3) is 0 Å². The van der Waals surface area contributed by atoms with Crippen molar-refractivity contribution < 1.29 is 0 Å². The highest BCUT2D eigenvalue weighted by atomic mass is 28.3. The molecular weight excluding hydrogens is 857 g/mol. The molecule has 0 aromatic heterocycles. The standard InChI is InChI=1S/C69H64Si/c1-2-3-35-65-36-22-37-69(65)70(66-47-59(38-53-23-10-4-11-24-53)44-60(48-66)39-54-25-12-5-13-26-54,67-49-61(40-55-27-14-6-15-28-55)45-62(50-67)41-56-29-16-7-17-30-56)68-51-63(42-57-31-18-8-19-32-57)46-64(52-68)43-58-33-20-9-21-34-58/h4-21,23-34,36-37,44-52H,2-3,22,35,38-43H2,1H3. The summed E-state index contributed by atoms with van der Waals surface area (Å²) in [6.45, 7) is 2.35. The van der Waals surface area contributed by atoms with Gasteiger partial charge in [-0.3, -0.25) is 0 Å². The lowest BCUT2D eigenvalue weighted by molar-refractivity contribution is 0.796. The summed E-state index contributed by atoms with van der Waals surface area (Å²) in [6, 6.07) is 90.2. The molecule has 0 amide bonds. The van der Waals surface area contributed by atoms with E-state index in [-0.39, 0.29) is 0 Å². The molecule has 9 aromatic carbocycles. The van der Waals surface area contributed by atoms with Crippen LogP contribution in [0.1, 0.15) is 99.4 Å². The van der Waals surface area contributed by atoms with Crippen molar-refractivity contribution >= 4 is 23.6 Å². The molecule has 1 aliphatic carbocycles. The molecule has 0 nitrogen and oxygen atoms in total. The quantitative estimate of drug-likeness (QED) is 0.0560. The normalized spacial score (nSPS) is 12.4. The van der Waals surface area contributed by atoms with Gasteiger partial charge in [0.2, 0.25) is 0 Å². The third-order valence-electron chi connectivity index (χ3n) is 14.2. The molecule has 0 N–H and O–H groups in total. The third kappa shape index (κ3) is 11.2. The maximum Gasteiger partial charge on any atom is 0.179 e. The Morgan fingerprint density at radius 2 is 0.557 bits per heavy atom. The molecule has 0 bridgehead atoms. The van der Waals surface area contributed by atoms with Gasteiger partial charge in [-0.1, -0.05) is 268 Å². The van der Waals surface area contributed by atoms with Crippen LogP contribution < -0.4 is 15.6 Å². The first-order valence-electron chi connectivity index (χ1n) is 25.6. The lowest BCUT2D eigenvalue weighted by Gasteiger charge is -2.38. The van der Waals surface area contributed by atoms with E-state index in [0.29, 0.717) is 0 Å². The van der Waals surface area contributed by atoms with E-state index in [0.717, 1.165) is 57.8 Å². The van der Waals surface area contributed by atoms with Crippen molar-refractivity contribution in [1.82, 2.24) is 0 Å². The summed E-state index contributed by atoms with van der Waals surface area (Å²) in [6.07, 6.45) is 14.9. The number of hydrogen-bond acceptors (Lipinski definition) is 0. The molecule has 0 spiro atoms. The number of hydrogen-bond donors (Lipinski definition) is 0. The van der Waals surface area contributed by atoms with E-state index in [1.54, 1.807) is 10.8 Å². The zero-order valence-corrected chi connectivity index (χ0v) is 41.7. The van der Waals surface area contributed by atoms with E-state index in [4.69, 9.17) is 0 Å². The minimum Gasteiger partial charge on any atom is -0.0801 e. The van der Waals surface area contributed by atoms with E-state index < -0.39 is 8.07 Å². The maximum atomic E-state index is 2.67. The van der Waals surface area contributed by atoms with Crippen molar-refractivity contribution in [2.24, 2.45) is 0 Å². The van der Waals surface area contributed by atoms with Gasteiger partial charge >= 0.3 is 0 Å². The predicted molar refractivity (Wildman–Crippen MR) is 300 cm³/mol. The fraction of sp³-hybridized carbons (Fsp3) is 0.159. The van der Waals surface area contributed by atoms with E-state index in [9.17, 15) is 0 Å². The van der Waals surface area contributed by atoms with Crippen LogP contribution in [0.3, 0.4) is 0 Å². The summed E-state index contributed by atoms with van der Waals surface area (Å²) in [5, 5.41) is 6.01. The van der Waals surface area contributed by atoms with Gasteiger partial charge < -0.3 is 0 Å². The number of unbranched alkanes of at least 4 members (excludes halogenated alkanes) is 1. The monoisotopic (exact) mass is 920 g/mol. The minimum absolute atomic E-state index is 0.874. The Morgan fingerprint density at radius 3 is 0.800 bits per heavy atom. The Balaban J connectivity index is 1.31. The fourth-order valence-corrected chi connectivity index (χ4v) is 16.5. The van der Waals surface area contributed by atoms with E-state index in [1.807, 2.05) is 0 Å². The molecule has 0 unspecified atom stereocenters. The second-order valence-corrected chi connectivity index (χ2v) is 23.3. The van der Waals surface area contributed by atoms with Crippen LogP contribution in [0.2, 0.25) is 0 Å². The van der Waals surface area contributed by atoms with Crippen molar-refractivity contribution in [3.8, 4) is 0 Å².